The maximum absolute atomic E-state index is 9.66. The van der Waals surface area contributed by atoms with Gasteiger partial charge in [0.05, 0.1) is 6.61 Å². The minimum absolute atomic E-state index is 0.0723. The minimum Gasteiger partial charge on any atom is -0.508 e. The average Bonchev–Trinajstić information content (AvgIpc) is 2.67. The molecule has 0 amide bonds. The van der Waals surface area contributed by atoms with Gasteiger partial charge in [0.25, 0.3) is 0 Å². The van der Waals surface area contributed by atoms with Crippen molar-refractivity contribution in [3.8, 4) is 11.5 Å². The molecule has 26 heavy (non-hydrogen) atoms. The molecule has 0 bridgehead atoms. The number of aliphatic hydroxyl groups is 2. The smallest absolute Gasteiger partial charge is 0.119 e. The molecule has 0 spiro atoms. The van der Waals surface area contributed by atoms with Gasteiger partial charge in [-0.3, -0.25) is 0 Å². The molecule has 3 N–H and O–H groups in total. The lowest BCUT2D eigenvalue weighted by molar-refractivity contribution is 0.0536. The van der Waals surface area contributed by atoms with Crippen molar-refractivity contribution < 1.29 is 20.1 Å². The largest absolute Gasteiger partial charge is 0.508 e. The molecule has 0 radical (unpaired) electrons. The van der Waals surface area contributed by atoms with E-state index in [1.807, 2.05) is 24.3 Å². The number of aliphatic hydroxyl groups excluding tert-OH is 2. The lowest BCUT2D eigenvalue weighted by Crippen LogP contribution is -2.27. The summed E-state index contributed by atoms with van der Waals surface area (Å²) in [6.07, 6.45) is 3.29. The van der Waals surface area contributed by atoms with E-state index >= 15 is 0 Å². The average molecular weight is 358 g/mol. The van der Waals surface area contributed by atoms with Gasteiger partial charge in [-0.15, -0.1) is 0 Å². The highest BCUT2D eigenvalue weighted by atomic mass is 16.5. The van der Waals surface area contributed by atoms with E-state index in [4.69, 9.17) is 9.84 Å². The quantitative estimate of drug-likeness (QED) is 0.600. The van der Waals surface area contributed by atoms with Crippen LogP contribution in [0.5, 0.6) is 11.5 Å². The van der Waals surface area contributed by atoms with E-state index < -0.39 is 6.10 Å². The van der Waals surface area contributed by atoms with Crippen molar-refractivity contribution in [2.24, 2.45) is 0 Å². The molecule has 2 aromatic carbocycles. The van der Waals surface area contributed by atoms with Crippen molar-refractivity contribution in [3.05, 3.63) is 59.7 Å². The molecule has 0 saturated carbocycles. The molecule has 0 fully saturated rings. The molecular weight excluding hydrogens is 328 g/mol. The number of phenolic OH excluding ortho intramolecular Hbond substituents is 1. The van der Waals surface area contributed by atoms with E-state index in [0.717, 1.165) is 25.7 Å². The Kier molecular flexibility index (Phi) is 7.49. The SMILES string of the molecule is CCCC(CCC)(c1ccc(O)cc1)c1ccc(OCC(O)CO)cc1. The highest BCUT2D eigenvalue weighted by Crippen LogP contribution is 2.42. The predicted octanol–water partition coefficient (Wildman–Crippen LogP) is 4.01. The van der Waals surface area contributed by atoms with Gasteiger partial charge in [0, 0.05) is 5.41 Å². The first-order chi connectivity index (χ1) is 12.6. The van der Waals surface area contributed by atoms with Crippen LogP contribution in [0, 0.1) is 0 Å². The third-order valence-electron chi connectivity index (χ3n) is 4.83. The van der Waals surface area contributed by atoms with Gasteiger partial charge in [-0.1, -0.05) is 51.0 Å². The van der Waals surface area contributed by atoms with Crippen LogP contribution in [0.15, 0.2) is 48.5 Å². The molecule has 0 aromatic heterocycles. The Hall–Kier alpha value is -2.04. The summed E-state index contributed by atoms with van der Waals surface area (Å²) in [5, 5.41) is 28.0. The number of ether oxygens (including phenoxy) is 1. The minimum atomic E-state index is -0.869. The molecule has 1 atom stereocenters. The molecular formula is C22H30O4. The van der Waals surface area contributed by atoms with Crippen LogP contribution in [0.4, 0.5) is 0 Å². The molecule has 0 aliphatic carbocycles. The number of hydrogen-bond donors (Lipinski definition) is 3. The van der Waals surface area contributed by atoms with Crippen LogP contribution in [0.3, 0.4) is 0 Å². The van der Waals surface area contributed by atoms with Crippen LogP contribution in [0.25, 0.3) is 0 Å². The predicted molar refractivity (Wildman–Crippen MR) is 104 cm³/mol. The fraction of sp³-hybridized carbons (Fsp3) is 0.455. The summed E-state index contributed by atoms with van der Waals surface area (Å²) < 4.78 is 5.52. The topological polar surface area (TPSA) is 69.9 Å². The lowest BCUT2D eigenvalue weighted by Gasteiger charge is -2.35. The second kappa shape index (κ2) is 9.60. The zero-order valence-corrected chi connectivity index (χ0v) is 15.7. The van der Waals surface area contributed by atoms with Crippen LogP contribution in [0.2, 0.25) is 0 Å². The summed E-state index contributed by atoms with van der Waals surface area (Å²) in [6.45, 7) is 4.15. The fourth-order valence-electron chi connectivity index (χ4n) is 3.62. The number of hydrogen-bond acceptors (Lipinski definition) is 4. The van der Waals surface area contributed by atoms with Crippen molar-refractivity contribution in [1.29, 1.82) is 0 Å². The van der Waals surface area contributed by atoms with Crippen LogP contribution in [-0.4, -0.2) is 34.6 Å². The van der Waals surface area contributed by atoms with Crippen molar-refractivity contribution in [2.75, 3.05) is 13.2 Å². The summed E-state index contributed by atoms with van der Waals surface area (Å²) in [7, 11) is 0. The molecule has 0 aliphatic heterocycles. The zero-order chi connectivity index (χ0) is 19.0. The van der Waals surface area contributed by atoms with E-state index in [-0.39, 0.29) is 24.4 Å². The first kappa shape index (κ1) is 20.3. The molecule has 0 saturated heterocycles. The van der Waals surface area contributed by atoms with Crippen LogP contribution in [-0.2, 0) is 5.41 Å². The van der Waals surface area contributed by atoms with E-state index in [0.29, 0.717) is 5.75 Å². The molecule has 2 aromatic rings. The summed E-state index contributed by atoms with van der Waals surface area (Å²) >= 11 is 0. The normalized spacial score (nSPS) is 12.8. The summed E-state index contributed by atoms with van der Waals surface area (Å²) in [4.78, 5) is 0. The van der Waals surface area contributed by atoms with Crippen molar-refractivity contribution in [2.45, 2.75) is 51.0 Å². The Bertz CT molecular complexity index is 643. The third kappa shape index (κ3) is 4.77. The van der Waals surface area contributed by atoms with Crippen molar-refractivity contribution >= 4 is 0 Å². The maximum atomic E-state index is 9.66. The first-order valence-corrected chi connectivity index (χ1v) is 9.37. The third-order valence-corrected chi connectivity index (χ3v) is 4.83. The van der Waals surface area contributed by atoms with Crippen LogP contribution in [0.1, 0.15) is 50.7 Å². The summed E-state index contributed by atoms with van der Waals surface area (Å²) in [5.74, 6) is 0.954. The second-order valence-electron chi connectivity index (χ2n) is 6.80. The van der Waals surface area contributed by atoms with Crippen LogP contribution >= 0.6 is 0 Å². The molecule has 4 heteroatoms. The Balaban J connectivity index is 2.34. The van der Waals surface area contributed by atoms with Crippen molar-refractivity contribution in [1.82, 2.24) is 0 Å². The number of phenols is 1. The fourth-order valence-corrected chi connectivity index (χ4v) is 3.62. The molecule has 142 valence electrons. The summed E-state index contributed by atoms with van der Waals surface area (Å²) in [5.41, 5.74) is 2.34. The number of aromatic hydroxyl groups is 1. The van der Waals surface area contributed by atoms with Gasteiger partial charge < -0.3 is 20.1 Å². The van der Waals surface area contributed by atoms with Gasteiger partial charge in [-0.25, -0.2) is 0 Å². The zero-order valence-electron chi connectivity index (χ0n) is 15.7. The van der Waals surface area contributed by atoms with E-state index in [1.54, 1.807) is 12.1 Å². The first-order valence-electron chi connectivity index (χ1n) is 9.37. The lowest BCUT2D eigenvalue weighted by atomic mass is 9.68. The number of rotatable bonds is 10. The van der Waals surface area contributed by atoms with E-state index in [9.17, 15) is 10.2 Å². The Morgan fingerprint density at radius 1 is 0.885 bits per heavy atom. The van der Waals surface area contributed by atoms with Gasteiger partial charge in [-0.2, -0.15) is 0 Å². The van der Waals surface area contributed by atoms with E-state index in [2.05, 4.69) is 26.0 Å². The molecule has 1 unspecified atom stereocenters. The van der Waals surface area contributed by atoms with Gasteiger partial charge in [0.1, 0.15) is 24.2 Å². The highest BCUT2D eigenvalue weighted by molar-refractivity contribution is 5.43. The maximum Gasteiger partial charge on any atom is 0.119 e. The molecule has 4 nitrogen and oxygen atoms in total. The van der Waals surface area contributed by atoms with Gasteiger partial charge in [0.2, 0.25) is 0 Å². The van der Waals surface area contributed by atoms with Gasteiger partial charge in [0.15, 0.2) is 0 Å². The Morgan fingerprint density at radius 3 is 1.85 bits per heavy atom. The van der Waals surface area contributed by atoms with Crippen LogP contribution < -0.4 is 4.74 Å². The molecule has 2 rings (SSSR count). The van der Waals surface area contributed by atoms with Gasteiger partial charge >= 0.3 is 0 Å². The Labute approximate surface area is 156 Å². The van der Waals surface area contributed by atoms with Gasteiger partial charge in [-0.05, 0) is 48.2 Å². The highest BCUT2D eigenvalue weighted by Gasteiger charge is 2.32. The number of benzene rings is 2. The monoisotopic (exact) mass is 358 g/mol. The molecule has 0 aliphatic rings. The Morgan fingerprint density at radius 2 is 1.38 bits per heavy atom. The van der Waals surface area contributed by atoms with Crippen molar-refractivity contribution in [3.63, 3.8) is 0 Å². The summed E-state index contributed by atoms with van der Waals surface area (Å²) in [6, 6.07) is 15.5. The second-order valence-corrected chi connectivity index (χ2v) is 6.80. The standard InChI is InChI=1S/C22H30O4/c1-3-13-22(14-4-2,17-5-9-19(24)10-6-17)18-7-11-21(12-8-18)26-16-20(25)15-23/h5-12,20,23-25H,3-4,13-16H2,1-2H3. The molecule has 0 heterocycles. The van der Waals surface area contributed by atoms with E-state index in [1.165, 1.54) is 11.1 Å².